The predicted molar refractivity (Wildman–Crippen MR) is 127 cm³/mol. The fraction of sp³-hybridized carbons (Fsp3) is 0.333. The summed E-state index contributed by atoms with van der Waals surface area (Å²) in [5.41, 5.74) is 3.42. The van der Waals surface area contributed by atoms with Gasteiger partial charge in [0.15, 0.2) is 0 Å². The molecular formula is C27H30FN3O2. The van der Waals surface area contributed by atoms with Crippen molar-refractivity contribution in [3.05, 3.63) is 95.1 Å². The number of pyridine rings is 1. The molecule has 1 N–H and O–H groups in total. The summed E-state index contributed by atoms with van der Waals surface area (Å²) in [7, 11) is 1.71. The van der Waals surface area contributed by atoms with Gasteiger partial charge in [-0.1, -0.05) is 30.3 Å². The molecular weight excluding hydrogens is 417 g/mol. The van der Waals surface area contributed by atoms with E-state index in [4.69, 9.17) is 4.74 Å². The number of likely N-dealkylation sites (tertiary alicyclic amines) is 1. The standard InChI is InChI=1S/C27H30FN3O2/c1-19-8-5-10-22(26(19)33-2)18-31-15-7-11-21(17-31)25(24-13-3-4-14-29-24)30-27(32)20-9-6-12-23(28)16-20/h3-6,8-10,12-14,16,21,25H,7,11,15,17-18H2,1-2H3,(H,30,32)/t21-,25-/m0/s1. The number of nitrogens with zero attached hydrogens (tertiary/aromatic N) is 2. The van der Waals surface area contributed by atoms with Gasteiger partial charge in [0.1, 0.15) is 11.6 Å². The van der Waals surface area contributed by atoms with Crippen molar-refractivity contribution in [2.45, 2.75) is 32.4 Å². The van der Waals surface area contributed by atoms with Gasteiger partial charge in [0.25, 0.3) is 5.91 Å². The van der Waals surface area contributed by atoms with E-state index >= 15 is 0 Å². The monoisotopic (exact) mass is 447 g/mol. The summed E-state index contributed by atoms with van der Waals surface area (Å²) in [6.07, 6.45) is 3.75. The maximum Gasteiger partial charge on any atom is 0.251 e. The van der Waals surface area contributed by atoms with Crippen LogP contribution in [-0.2, 0) is 6.54 Å². The molecule has 1 saturated heterocycles. The molecule has 1 aliphatic rings. The lowest BCUT2D eigenvalue weighted by atomic mass is 9.88. The SMILES string of the molecule is COc1c(C)cccc1CN1CCC[C@H]([C@H](NC(=O)c2cccc(F)c2)c2ccccn2)C1. The molecule has 0 bridgehead atoms. The smallest absolute Gasteiger partial charge is 0.251 e. The predicted octanol–water partition coefficient (Wildman–Crippen LogP) is 4.92. The number of piperidine rings is 1. The highest BCUT2D eigenvalue weighted by atomic mass is 19.1. The van der Waals surface area contributed by atoms with Gasteiger partial charge in [-0.2, -0.15) is 0 Å². The molecule has 1 aliphatic heterocycles. The lowest BCUT2D eigenvalue weighted by Crippen LogP contribution is -2.43. The Bertz CT molecular complexity index is 1090. The molecule has 0 unspecified atom stereocenters. The number of para-hydroxylation sites is 1. The molecule has 2 atom stereocenters. The molecule has 33 heavy (non-hydrogen) atoms. The highest BCUT2D eigenvalue weighted by Crippen LogP contribution is 2.32. The van der Waals surface area contributed by atoms with Gasteiger partial charge < -0.3 is 10.1 Å². The van der Waals surface area contributed by atoms with Crippen molar-refractivity contribution in [2.75, 3.05) is 20.2 Å². The maximum absolute atomic E-state index is 13.7. The van der Waals surface area contributed by atoms with E-state index in [-0.39, 0.29) is 17.9 Å². The van der Waals surface area contributed by atoms with Crippen LogP contribution in [-0.4, -0.2) is 36.0 Å². The molecule has 0 saturated carbocycles. The minimum absolute atomic E-state index is 0.182. The van der Waals surface area contributed by atoms with Crippen LogP contribution < -0.4 is 10.1 Å². The largest absolute Gasteiger partial charge is 0.496 e. The van der Waals surface area contributed by atoms with E-state index in [0.29, 0.717) is 5.56 Å². The Hall–Kier alpha value is -3.25. The Labute approximate surface area is 194 Å². The zero-order valence-electron chi connectivity index (χ0n) is 19.1. The summed E-state index contributed by atoms with van der Waals surface area (Å²) >= 11 is 0. The maximum atomic E-state index is 13.7. The second-order valence-electron chi connectivity index (χ2n) is 8.62. The lowest BCUT2D eigenvalue weighted by molar-refractivity contribution is 0.0874. The van der Waals surface area contributed by atoms with Crippen LogP contribution in [0.4, 0.5) is 4.39 Å². The zero-order chi connectivity index (χ0) is 23.2. The van der Waals surface area contributed by atoms with E-state index < -0.39 is 5.82 Å². The Morgan fingerprint density at radius 2 is 2.06 bits per heavy atom. The Kier molecular flexibility index (Phi) is 7.35. The Morgan fingerprint density at radius 3 is 2.82 bits per heavy atom. The van der Waals surface area contributed by atoms with Crippen molar-refractivity contribution in [3.8, 4) is 5.75 Å². The number of carbonyl (C=O) groups excluding carboxylic acids is 1. The van der Waals surface area contributed by atoms with E-state index in [0.717, 1.165) is 55.0 Å². The van der Waals surface area contributed by atoms with E-state index in [1.165, 1.54) is 12.1 Å². The number of amides is 1. The molecule has 0 radical (unpaired) electrons. The number of rotatable bonds is 7. The average molecular weight is 448 g/mol. The normalized spacial score (nSPS) is 17.4. The van der Waals surface area contributed by atoms with Crippen molar-refractivity contribution >= 4 is 5.91 Å². The third-order valence-corrected chi connectivity index (χ3v) is 6.28. The Morgan fingerprint density at radius 1 is 1.21 bits per heavy atom. The summed E-state index contributed by atoms with van der Waals surface area (Å²) in [4.78, 5) is 19.9. The number of benzene rings is 2. The molecule has 172 valence electrons. The first-order valence-corrected chi connectivity index (χ1v) is 11.4. The number of hydrogen-bond acceptors (Lipinski definition) is 4. The van der Waals surface area contributed by atoms with Gasteiger partial charge in [-0.05, 0) is 68.1 Å². The van der Waals surface area contributed by atoms with Crippen molar-refractivity contribution in [2.24, 2.45) is 5.92 Å². The van der Waals surface area contributed by atoms with Gasteiger partial charge in [0.2, 0.25) is 0 Å². The number of ether oxygens (including phenoxy) is 1. The number of hydrogen-bond donors (Lipinski definition) is 1. The molecule has 1 aromatic heterocycles. The van der Waals surface area contributed by atoms with Crippen LogP contribution in [0, 0.1) is 18.7 Å². The number of halogens is 1. The second-order valence-corrected chi connectivity index (χ2v) is 8.62. The minimum atomic E-state index is -0.423. The summed E-state index contributed by atoms with van der Waals surface area (Å²) in [5, 5.41) is 3.14. The molecule has 1 amide bonds. The number of aromatic nitrogens is 1. The lowest BCUT2D eigenvalue weighted by Gasteiger charge is -2.37. The summed E-state index contributed by atoms with van der Waals surface area (Å²) < 4.78 is 19.3. The van der Waals surface area contributed by atoms with Crippen LogP contribution in [0.2, 0.25) is 0 Å². The highest BCUT2D eigenvalue weighted by molar-refractivity contribution is 5.94. The zero-order valence-corrected chi connectivity index (χ0v) is 19.1. The van der Waals surface area contributed by atoms with Crippen LogP contribution in [0.15, 0.2) is 66.9 Å². The van der Waals surface area contributed by atoms with Crippen molar-refractivity contribution in [1.82, 2.24) is 15.2 Å². The molecule has 0 spiro atoms. The first-order valence-electron chi connectivity index (χ1n) is 11.4. The molecule has 0 aliphatic carbocycles. The van der Waals surface area contributed by atoms with Gasteiger partial charge in [0, 0.05) is 30.4 Å². The third kappa shape index (κ3) is 5.57. The second kappa shape index (κ2) is 10.6. The first-order chi connectivity index (χ1) is 16.0. The number of nitrogens with one attached hydrogen (secondary N) is 1. The van der Waals surface area contributed by atoms with E-state index in [9.17, 15) is 9.18 Å². The molecule has 2 aromatic carbocycles. The topological polar surface area (TPSA) is 54.5 Å². The first kappa shape index (κ1) is 22.9. The fourth-order valence-electron chi connectivity index (χ4n) is 4.73. The number of aryl methyl sites for hydroxylation is 1. The van der Waals surface area contributed by atoms with E-state index in [2.05, 4.69) is 40.3 Å². The third-order valence-electron chi connectivity index (χ3n) is 6.28. The quantitative estimate of drug-likeness (QED) is 0.559. The molecule has 3 aromatic rings. The van der Waals surface area contributed by atoms with Crippen LogP contribution in [0.1, 0.15) is 46.1 Å². The molecule has 6 heteroatoms. The van der Waals surface area contributed by atoms with Crippen molar-refractivity contribution < 1.29 is 13.9 Å². The molecule has 1 fully saturated rings. The van der Waals surface area contributed by atoms with E-state index in [1.807, 2.05) is 18.2 Å². The average Bonchev–Trinajstić information content (AvgIpc) is 2.83. The van der Waals surface area contributed by atoms with Gasteiger partial charge in [-0.25, -0.2) is 4.39 Å². The molecule has 5 nitrogen and oxygen atoms in total. The highest BCUT2D eigenvalue weighted by Gasteiger charge is 2.31. The van der Waals surface area contributed by atoms with Gasteiger partial charge in [-0.3, -0.25) is 14.7 Å². The van der Waals surface area contributed by atoms with Crippen LogP contribution in [0.3, 0.4) is 0 Å². The van der Waals surface area contributed by atoms with Crippen LogP contribution in [0.5, 0.6) is 5.75 Å². The van der Waals surface area contributed by atoms with Crippen LogP contribution >= 0.6 is 0 Å². The van der Waals surface area contributed by atoms with Crippen molar-refractivity contribution in [3.63, 3.8) is 0 Å². The number of methoxy groups -OCH3 is 1. The minimum Gasteiger partial charge on any atom is -0.496 e. The van der Waals surface area contributed by atoms with Crippen molar-refractivity contribution in [1.29, 1.82) is 0 Å². The summed E-state index contributed by atoms with van der Waals surface area (Å²) in [5.74, 6) is 0.401. The van der Waals surface area contributed by atoms with Gasteiger partial charge in [-0.15, -0.1) is 0 Å². The molecule has 4 rings (SSSR count). The number of carbonyl (C=O) groups is 1. The summed E-state index contributed by atoms with van der Waals surface area (Å²) in [6.45, 7) is 4.65. The van der Waals surface area contributed by atoms with Gasteiger partial charge in [0.05, 0.1) is 18.8 Å². The van der Waals surface area contributed by atoms with Crippen LogP contribution in [0.25, 0.3) is 0 Å². The summed E-state index contributed by atoms with van der Waals surface area (Å²) in [6, 6.07) is 17.5. The van der Waals surface area contributed by atoms with E-state index in [1.54, 1.807) is 25.4 Å². The molecule has 2 heterocycles. The fourth-order valence-corrected chi connectivity index (χ4v) is 4.73. The van der Waals surface area contributed by atoms with Gasteiger partial charge >= 0.3 is 0 Å². The Balaban J connectivity index is 1.54.